The van der Waals surface area contributed by atoms with Gasteiger partial charge in [-0.1, -0.05) is 6.07 Å². The minimum absolute atomic E-state index is 0.0851. The van der Waals surface area contributed by atoms with Gasteiger partial charge in [-0.15, -0.1) is 0 Å². The fourth-order valence-electron chi connectivity index (χ4n) is 2.07. The SMILES string of the molecule is COc1cccc(-n2cc(C)nc2Br)c1[N+](=O)[O-].Cc1cnc(Br)[nH]1. The topological polar surface area (TPSA) is 98.9 Å². The van der Waals surface area contributed by atoms with E-state index in [0.29, 0.717) is 10.4 Å². The summed E-state index contributed by atoms with van der Waals surface area (Å²) < 4.78 is 7.94. The average molecular weight is 473 g/mol. The van der Waals surface area contributed by atoms with E-state index in [4.69, 9.17) is 4.74 Å². The monoisotopic (exact) mass is 471 g/mol. The molecule has 0 aliphatic heterocycles. The van der Waals surface area contributed by atoms with Gasteiger partial charge in [0.2, 0.25) is 0 Å². The maximum Gasteiger partial charge on any atom is 0.334 e. The number of aromatic amines is 1. The van der Waals surface area contributed by atoms with E-state index in [1.807, 2.05) is 13.8 Å². The molecular weight excluding hydrogens is 458 g/mol. The van der Waals surface area contributed by atoms with Crippen LogP contribution in [0.4, 0.5) is 5.69 Å². The Kier molecular flexibility index (Phi) is 6.32. The number of methoxy groups -OCH3 is 1. The van der Waals surface area contributed by atoms with Crippen molar-refractivity contribution in [2.45, 2.75) is 13.8 Å². The van der Waals surface area contributed by atoms with Crippen LogP contribution in [0, 0.1) is 24.0 Å². The molecule has 0 aliphatic rings. The standard InChI is InChI=1S/C11H10BrN3O3.C4H5BrN2/c1-7-6-14(11(12)13-7)8-4-3-5-9(18-2)10(8)15(16)17;1-3-2-6-4(5)7-3/h3-6H,1-2H3;2H,1H3,(H,6,7). The molecule has 2 heterocycles. The van der Waals surface area contributed by atoms with Crippen molar-refractivity contribution < 1.29 is 9.66 Å². The zero-order valence-electron chi connectivity index (χ0n) is 13.7. The van der Waals surface area contributed by atoms with Crippen LogP contribution in [0.1, 0.15) is 11.4 Å². The van der Waals surface area contributed by atoms with E-state index in [2.05, 4.69) is 46.8 Å². The van der Waals surface area contributed by atoms with Gasteiger partial charge < -0.3 is 9.72 Å². The van der Waals surface area contributed by atoms with Crippen molar-refractivity contribution in [2.24, 2.45) is 0 Å². The lowest BCUT2D eigenvalue weighted by atomic mass is 10.2. The summed E-state index contributed by atoms with van der Waals surface area (Å²) in [5.41, 5.74) is 2.16. The molecule has 0 atom stereocenters. The van der Waals surface area contributed by atoms with E-state index < -0.39 is 4.92 Å². The molecule has 8 nitrogen and oxygen atoms in total. The number of hydrogen-bond acceptors (Lipinski definition) is 5. The van der Waals surface area contributed by atoms with Crippen LogP contribution in [0.5, 0.6) is 5.75 Å². The minimum Gasteiger partial charge on any atom is -0.490 e. The minimum atomic E-state index is -0.462. The number of rotatable bonds is 3. The summed E-state index contributed by atoms with van der Waals surface area (Å²) in [7, 11) is 1.40. The molecular formula is C15H15Br2N5O3. The molecule has 132 valence electrons. The molecule has 0 unspecified atom stereocenters. The van der Waals surface area contributed by atoms with Gasteiger partial charge in [0, 0.05) is 18.1 Å². The van der Waals surface area contributed by atoms with Crippen molar-refractivity contribution in [3.63, 3.8) is 0 Å². The number of imidazole rings is 2. The zero-order valence-corrected chi connectivity index (χ0v) is 16.8. The van der Waals surface area contributed by atoms with Gasteiger partial charge in [-0.25, -0.2) is 9.97 Å². The Morgan fingerprint density at radius 2 is 2.04 bits per heavy atom. The van der Waals surface area contributed by atoms with Gasteiger partial charge in [0.25, 0.3) is 0 Å². The largest absolute Gasteiger partial charge is 0.490 e. The number of para-hydroxylation sites is 1. The lowest BCUT2D eigenvalue weighted by Gasteiger charge is -2.08. The lowest BCUT2D eigenvalue weighted by Crippen LogP contribution is -2.01. The van der Waals surface area contributed by atoms with Crippen LogP contribution in [0.3, 0.4) is 0 Å². The molecule has 0 spiro atoms. The third kappa shape index (κ3) is 4.67. The highest BCUT2D eigenvalue weighted by atomic mass is 79.9. The molecule has 0 aliphatic carbocycles. The van der Waals surface area contributed by atoms with Crippen LogP contribution in [0.2, 0.25) is 0 Å². The second kappa shape index (κ2) is 8.26. The van der Waals surface area contributed by atoms with Gasteiger partial charge in [0.05, 0.1) is 17.7 Å². The van der Waals surface area contributed by atoms with Crippen LogP contribution in [-0.2, 0) is 0 Å². The molecule has 1 aromatic carbocycles. The summed E-state index contributed by atoms with van der Waals surface area (Å²) in [5, 5.41) is 11.2. The molecule has 2 aromatic heterocycles. The molecule has 0 saturated carbocycles. The number of nitrogens with one attached hydrogen (secondary N) is 1. The normalized spacial score (nSPS) is 10.1. The lowest BCUT2D eigenvalue weighted by molar-refractivity contribution is -0.385. The Bertz CT molecular complexity index is 875. The number of aromatic nitrogens is 4. The van der Waals surface area contributed by atoms with Crippen LogP contribution in [-0.4, -0.2) is 31.6 Å². The van der Waals surface area contributed by atoms with Crippen molar-refractivity contribution in [1.82, 2.24) is 19.5 Å². The van der Waals surface area contributed by atoms with Crippen LogP contribution in [0.15, 0.2) is 40.1 Å². The first-order chi connectivity index (χ1) is 11.8. The number of H-pyrrole nitrogens is 1. The smallest absolute Gasteiger partial charge is 0.334 e. The van der Waals surface area contributed by atoms with E-state index in [9.17, 15) is 10.1 Å². The fourth-order valence-corrected chi connectivity index (χ4v) is 3.06. The summed E-state index contributed by atoms with van der Waals surface area (Å²) in [6.07, 6.45) is 3.48. The highest BCUT2D eigenvalue weighted by molar-refractivity contribution is 9.10. The molecule has 0 bridgehead atoms. The number of nitro benzene ring substituents is 1. The predicted octanol–water partition coefficient (Wildman–Crippen LogP) is 4.34. The number of nitro groups is 1. The first-order valence-electron chi connectivity index (χ1n) is 7.03. The Morgan fingerprint density at radius 1 is 1.32 bits per heavy atom. The van der Waals surface area contributed by atoms with Crippen LogP contribution in [0.25, 0.3) is 5.69 Å². The van der Waals surface area contributed by atoms with Crippen molar-refractivity contribution in [2.75, 3.05) is 7.11 Å². The quantitative estimate of drug-likeness (QED) is 0.451. The number of ether oxygens (including phenoxy) is 1. The Balaban J connectivity index is 0.000000269. The molecule has 0 amide bonds. The number of aryl methyl sites for hydroxylation is 2. The van der Waals surface area contributed by atoms with Crippen molar-refractivity contribution >= 4 is 37.5 Å². The first kappa shape index (κ1) is 19.1. The van der Waals surface area contributed by atoms with Gasteiger partial charge in [0.15, 0.2) is 15.2 Å². The van der Waals surface area contributed by atoms with E-state index in [1.54, 1.807) is 35.2 Å². The van der Waals surface area contributed by atoms with Gasteiger partial charge in [0.1, 0.15) is 5.69 Å². The summed E-state index contributed by atoms with van der Waals surface area (Å²) in [5.74, 6) is 0.218. The molecule has 10 heteroatoms. The van der Waals surface area contributed by atoms with Crippen LogP contribution < -0.4 is 4.74 Å². The number of halogens is 2. The summed E-state index contributed by atoms with van der Waals surface area (Å²) in [6, 6.07) is 4.90. The highest BCUT2D eigenvalue weighted by Gasteiger charge is 2.23. The van der Waals surface area contributed by atoms with Gasteiger partial charge in [-0.05, 0) is 57.8 Å². The number of nitrogens with zero attached hydrogens (tertiary/aromatic N) is 4. The van der Waals surface area contributed by atoms with Crippen molar-refractivity contribution in [1.29, 1.82) is 0 Å². The maximum absolute atomic E-state index is 11.2. The number of benzene rings is 1. The predicted molar refractivity (Wildman–Crippen MR) is 100 cm³/mol. The van der Waals surface area contributed by atoms with E-state index in [-0.39, 0.29) is 11.4 Å². The van der Waals surface area contributed by atoms with E-state index in [1.165, 1.54) is 7.11 Å². The first-order valence-corrected chi connectivity index (χ1v) is 8.62. The zero-order chi connectivity index (χ0) is 18.6. The Morgan fingerprint density at radius 3 is 2.44 bits per heavy atom. The maximum atomic E-state index is 11.2. The molecule has 3 rings (SSSR count). The third-order valence-corrected chi connectivity index (χ3v) is 4.06. The van der Waals surface area contributed by atoms with Crippen molar-refractivity contribution in [3.05, 3.63) is 61.6 Å². The summed E-state index contributed by atoms with van der Waals surface area (Å²) >= 11 is 6.44. The molecule has 3 aromatic rings. The molecule has 1 N–H and O–H groups in total. The molecule has 0 saturated heterocycles. The van der Waals surface area contributed by atoms with E-state index in [0.717, 1.165) is 16.1 Å². The van der Waals surface area contributed by atoms with Crippen LogP contribution >= 0.6 is 31.9 Å². The van der Waals surface area contributed by atoms with Gasteiger partial charge in [-0.3, -0.25) is 14.7 Å². The molecule has 25 heavy (non-hydrogen) atoms. The second-order valence-corrected chi connectivity index (χ2v) is 6.42. The third-order valence-electron chi connectivity index (χ3n) is 3.09. The molecule has 0 radical (unpaired) electrons. The number of hydrogen-bond donors (Lipinski definition) is 1. The van der Waals surface area contributed by atoms with Crippen molar-refractivity contribution in [3.8, 4) is 11.4 Å². The second-order valence-electron chi connectivity index (χ2n) is 4.96. The average Bonchev–Trinajstić information content (AvgIpc) is 3.10. The van der Waals surface area contributed by atoms with Gasteiger partial charge in [-0.2, -0.15) is 0 Å². The molecule has 0 fully saturated rings. The summed E-state index contributed by atoms with van der Waals surface area (Å²) in [4.78, 5) is 21.7. The van der Waals surface area contributed by atoms with E-state index >= 15 is 0 Å². The highest BCUT2D eigenvalue weighted by Crippen LogP contribution is 2.34. The fraction of sp³-hybridized carbons (Fsp3) is 0.200. The Labute approximate surface area is 160 Å². The Hall–Kier alpha value is -2.20. The summed E-state index contributed by atoms with van der Waals surface area (Å²) in [6.45, 7) is 3.77. The van der Waals surface area contributed by atoms with Gasteiger partial charge >= 0.3 is 5.69 Å².